The largest absolute Gasteiger partial charge is 0.453 e. The summed E-state index contributed by atoms with van der Waals surface area (Å²) in [7, 11) is 1.16. The number of carbonyl (C=O) groups is 3. The van der Waals surface area contributed by atoms with Crippen molar-refractivity contribution in [2.24, 2.45) is 5.92 Å². The second-order valence-corrected chi connectivity index (χ2v) is 10.4. The number of ether oxygens (including phenoxy) is 1. The van der Waals surface area contributed by atoms with E-state index < -0.39 is 41.3 Å². The van der Waals surface area contributed by atoms with Crippen molar-refractivity contribution < 1.29 is 23.5 Å². The van der Waals surface area contributed by atoms with Gasteiger partial charge < -0.3 is 14.5 Å². The first kappa shape index (κ1) is 29.8. The lowest BCUT2D eigenvalue weighted by atomic mass is 9.85. The highest BCUT2D eigenvalue weighted by Gasteiger charge is 2.34. The van der Waals surface area contributed by atoms with Gasteiger partial charge in [-0.25, -0.2) is 9.78 Å². The second kappa shape index (κ2) is 12.6. The molecular formula is C30H32N6O6. The molecule has 2 aromatic heterocycles. The van der Waals surface area contributed by atoms with Crippen LogP contribution in [-0.4, -0.2) is 50.7 Å². The Kier molecular flexibility index (Phi) is 8.94. The van der Waals surface area contributed by atoms with Gasteiger partial charge in [0.2, 0.25) is 17.6 Å². The molecule has 4 rings (SSSR count). The molecule has 0 bridgehead atoms. The average molecular weight is 573 g/mol. The van der Waals surface area contributed by atoms with Gasteiger partial charge >= 0.3 is 6.09 Å². The quantitative estimate of drug-likeness (QED) is 0.269. The zero-order chi connectivity index (χ0) is 30.4. The Morgan fingerprint density at radius 3 is 2.26 bits per heavy atom. The van der Waals surface area contributed by atoms with Crippen molar-refractivity contribution >= 4 is 23.5 Å². The number of Topliss-reactive ketones (excluding diaryl/α,β-unsaturated/α-hetero) is 1. The molecule has 0 saturated carbocycles. The van der Waals surface area contributed by atoms with Gasteiger partial charge in [0, 0.05) is 5.56 Å². The Morgan fingerprint density at radius 1 is 1.00 bits per heavy atom. The highest BCUT2D eigenvalue weighted by Crippen LogP contribution is 2.30. The van der Waals surface area contributed by atoms with Gasteiger partial charge in [-0.2, -0.15) is 0 Å². The van der Waals surface area contributed by atoms with Crippen LogP contribution in [0.2, 0.25) is 0 Å². The summed E-state index contributed by atoms with van der Waals surface area (Å²) >= 11 is 0. The predicted octanol–water partition coefficient (Wildman–Crippen LogP) is 3.82. The summed E-state index contributed by atoms with van der Waals surface area (Å²) in [5, 5.41) is 13.1. The maximum Gasteiger partial charge on any atom is 0.411 e. The Hall–Kier alpha value is -5.13. The molecular weight excluding hydrogens is 540 g/mol. The molecule has 218 valence electrons. The van der Waals surface area contributed by atoms with Gasteiger partial charge in [-0.1, -0.05) is 74.5 Å². The third kappa shape index (κ3) is 6.43. The van der Waals surface area contributed by atoms with Crippen molar-refractivity contribution in [3.05, 3.63) is 94.6 Å². The number of methoxy groups -OCH3 is 1. The Morgan fingerprint density at radius 2 is 1.64 bits per heavy atom. The molecule has 2 aromatic carbocycles. The van der Waals surface area contributed by atoms with Crippen LogP contribution in [0.15, 0.2) is 76.1 Å². The maximum atomic E-state index is 13.5. The van der Waals surface area contributed by atoms with E-state index in [0.717, 1.165) is 17.2 Å². The summed E-state index contributed by atoms with van der Waals surface area (Å²) in [6.07, 6.45) is 0.331. The van der Waals surface area contributed by atoms with Crippen LogP contribution >= 0.6 is 0 Å². The van der Waals surface area contributed by atoms with Gasteiger partial charge in [0.25, 0.3) is 11.4 Å². The van der Waals surface area contributed by atoms with E-state index in [1.54, 1.807) is 44.2 Å². The fourth-order valence-electron chi connectivity index (χ4n) is 4.29. The van der Waals surface area contributed by atoms with Gasteiger partial charge in [-0.3, -0.25) is 24.3 Å². The monoisotopic (exact) mass is 572 g/mol. The van der Waals surface area contributed by atoms with Crippen LogP contribution in [0.4, 0.5) is 10.5 Å². The van der Waals surface area contributed by atoms with Crippen LogP contribution in [0.3, 0.4) is 0 Å². The van der Waals surface area contributed by atoms with Gasteiger partial charge in [0.1, 0.15) is 18.1 Å². The molecule has 2 amide bonds. The predicted molar refractivity (Wildman–Crippen MR) is 154 cm³/mol. The average Bonchev–Trinajstić information content (AvgIpc) is 3.50. The summed E-state index contributed by atoms with van der Waals surface area (Å²) in [6, 6.07) is 17.3. The van der Waals surface area contributed by atoms with Crippen LogP contribution in [0.25, 0.3) is 11.4 Å². The highest BCUT2D eigenvalue weighted by atomic mass is 16.5. The molecule has 12 nitrogen and oxygen atoms in total. The van der Waals surface area contributed by atoms with E-state index in [0.29, 0.717) is 5.56 Å². The van der Waals surface area contributed by atoms with E-state index in [-0.39, 0.29) is 29.2 Å². The van der Waals surface area contributed by atoms with E-state index in [4.69, 9.17) is 4.42 Å². The fourth-order valence-corrected chi connectivity index (χ4v) is 4.29. The Bertz CT molecular complexity index is 1630. The fraction of sp³-hybridized carbons (Fsp3) is 0.300. The third-order valence-corrected chi connectivity index (χ3v) is 6.73. The first-order chi connectivity index (χ1) is 20.0. The first-order valence-corrected chi connectivity index (χ1v) is 13.3. The molecule has 0 aliphatic carbocycles. The molecule has 2 N–H and O–H groups in total. The van der Waals surface area contributed by atoms with Gasteiger partial charge in [-0.05, 0) is 25.3 Å². The molecule has 12 heteroatoms. The number of benzene rings is 2. The van der Waals surface area contributed by atoms with Gasteiger partial charge in [-0.15, -0.1) is 10.2 Å². The van der Waals surface area contributed by atoms with Crippen molar-refractivity contribution in [1.29, 1.82) is 0 Å². The lowest BCUT2D eigenvalue weighted by molar-refractivity contribution is -0.122. The number of aromatic nitrogens is 4. The number of rotatable bonds is 10. The molecule has 42 heavy (non-hydrogen) atoms. The zero-order valence-electron chi connectivity index (χ0n) is 24.0. The van der Waals surface area contributed by atoms with Crippen LogP contribution < -0.4 is 16.2 Å². The van der Waals surface area contributed by atoms with Gasteiger partial charge in [0.15, 0.2) is 0 Å². The topological polar surface area (TPSA) is 158 Å². The van der Waals surface area contributed by atoms with E-state index in [2.05, 4.69) is 30.6 Å². The molecule has 0 fully saturated rings. The van der Waals surface area contributed by atoms with E-state index in [1.165, 1.54) is 6.20 Å². The van der Waals surface area contributed by atoms with Crippen molar-refractivity contribution in [3.63, 3.8) is 0 Å². The third-order valence-electron chi connectivity index (χ3n) is 6.73. The normalized spacial score (nSPS) is 12.0. The highest BCUT2D eigenvalue weighted by molar-refractivity contribution is 5.98. The van der Waals surface area contributed by atoms with Gasteiger partial charge in [0.05, 0.1) is 24.8 Å². The Labute approximate surface area is 242 Å². The lowest BCUT2D eigenvalue weighted by Gasteiger charge is -2.21. The number of hydrogen-bond acceptors (Lipinski definition) is 9. The standard InChI is InChI=1S/C30H32N6O6/c1-18(2)23(24(38)26-34-35-28(42-26)30(3,4)20-14-10-7-11-15-20)33-22(37)17-36-25(19-12-8-6-9-13-19)31-16-21(27(36)39)32-29(40)41-5/h6-16,18,23H,17H2,1-5H3,(H,32,40)(H,33,37). The van der Waals surface area contributed by atoms with E-state index in [9.17, 15) is 19.2 Å². The minimum Gasteiger partial charge on any atom is -0.453 e. The molecule has 2 heterocycles. The first-order valence-electron chi connectivity index (χ1n) is 13.3. The number of hydrogen-bond donors (Lipinski definition) is 2. The van der Waals surface area contributed by atoms with Crippen LogP contribution in [0, 0.1) is 5.92 Å². The smallest absolute Gasteiger partial charge is 0.411 e. The zero-order valence-corrected chi connectivity index (χ0v) is 24.0. The molecule has 1 atom stereocenters. The van der Waals surface area contributed by atoms with E-state index >= 15 is 0 Å². The van der Waals surface area contributed by atoms with Crippen molar-refractivity contribution in [3.8, 4) is 11.4 Å². The summed E-state index contributed by atoms with van der Waals surface area (Å²) in [5.74, 6) is -1.33. The molecule has 0 aliphatic rings. The second-order valence-electron chi connectivity index (χ2n) is 10.4. The lowest BCUT2D eigenvalue weighted by Crippen LogP contribution is -2.46. The number of nitrogens with zero attached hydrogens (tertiary/aromatic N) is 4. The van der Waals surface area contributed by atoms with Crippen LogP contribution in [-0.2, 0) is 21.5 Å². The minimum absolute atomic E-state index is 0.176. The van der Waals surface area contributed by atoms with Crippen molar-refractivity contribution in [1.82, 2.24) is 25.1 Å². The van der Waals surface area contributed by atoms with E-state index in [1.807, 2.05) is 44.2 Å². The summed E-state index contributed by atoms with van der Waals surface area (Å²) in [5.41, 5.74) is -0.0116. The summed E-state index contributed by atoms with van der Waals surface area (Å²) in [4.78, 5) is 56.1. The molecule has 4 aromatic rings. The number of nitrogens with one attached hydrogen (secondary N) is 2. The SMILES string of the molecule is COC(=O)Nc1cnc(-c2ccccc2)n(CC(=O)NC(C(=O)c2nnc(C(C)(C)c3ccccc3)o2)C(C)C)c1=O. The molecule has 0 saturated heterocycles. The van der Waals surface area contributed by atoms with Crippen molar-refractivity contribution in [2.45, 2.75) is 45.7 Å². The van der Waals surface area contributed by atoms with Crippen LogP contribution in [0.1, 0.15) is 49.8 Å². The van der Waals surface area contributed by atoms with Crippen molar-refractivity contribution in [2.75, 3.05) is 12.4 Å². The number of anilines is 1. The number of amides is 2. The number of ketones is 1. The molecule has 0 spiro atoms. The molecule has 1 unspecified atom stereocenters. The summed E-state index contributed by atoms with van der Waals surface area (Å²) < 4.78 is 11.5. The summed E-state index contributed by atoms with van der Waals surface area (Å²) in [6.45, 7) is 6.85. The molecule has 0 aliphatic heterocycles. The van der Waals surface area contributed by atoms with Crippen LogP contribution in [0.5, 0.6) is 0 Å². The number of carbonyl (C=O) groups excluding carboxylic acids is 3. The molecule has 0 radical (unpaired) electrons. The minimum atomic E-state index is -1.02. The Balaban J connectivity index is 1.60. The maximum absolute atomic E-state index is 13.5.